The van der Waals surface area contributed by atoms with Gasteiger partial charge in [0.2, 0.25) is 0 Å². The molecule has 2 atom stereocenters. The number of aromatic nitrogens is 3. The number of carbonyl (C=O) groups is 1. The number of aryl methyl sites for hydroxylation is 1. The zero-order valence-electron chi connectivity index (χ0n) is 20.3. The Morgan fingerprint density at radius 3 is 2.95 bits per heavy atom. The Bertz CT molecular complexity index is 1360. The molecule has 10 heteroatoms. The molecule has 5 rings (SSSR count). The van der Waals surface area contributed by atoms with Crippen LogP contribution in [0.15, 0.2) is 71.9 Å². The predicted octanol–water partition coefficient (Wildman–Crippen LogP) is 2.90. The first kappa shape index (κ1) is 24.4. The summed E-state index contributed by atoms with van der Waals surface area (Å²) in [4.78, 5) is 25.1. The lowest BCUT2D eigenvalue weighted by Crippen LogP contribution is -2.49. The molecule has 1 aliphatic heterocycles. The molecule has 4 heterocycles. The standard InChI is InChI=1S/C27H28N6O4/c1-17-25(37-16-32-17)15-36-22-5-4-18-10-23(30-12-20(18)9-22)24(34)14-31-27(35)19-6-8-29-26(11-19)33-21-3-2-7-28-13-21/h2-9,11,13,16,23-24,30,34H,10,12,14-15H2,1H3,(H,29,33)(H,31,35)/t23-,24+/m0/s1. The molecular formula is C27H28N6O4. The maximum atomic E-state index is 12.7. The molecule has 0 saturated heterocycles. The fourth-order valence-electron chi connectivity index (χ4n) is 4.16. The molecule has 190 valence electrons. The highest BCUT2D eigenvalue weighted by atomic mass is 16.5. The lowest BCUT2D eigenvalue weighted by Gasteiger charge is -2.30. The number of nitrogens with zero attached hydrogens (tertiary/aromatic N) is 3. The number of ether oxygens (including phenoxy) is 1. The number of aliphatic hydroxyl groups excluding tert-OH is 1. The Hall–Kier alpha value is -4.28. The number of anilines is 2. The summed E-state index contributed by atoms with van der Waals surface area (Å²) < 4.78 is 11.2. The van der Waals surface area contributed by atoms with E-state index in [0.717, 1.165) is 28.3 Å². The van der Waals surface area contributed by atoms with Gasteiger partial charge in [0.05, 0.1) is 23.7 Å². The van der Waals surface area contributed by atoms with Crippen molar-refractivity contribution in [2.45, 2.75) is 38.6 Å². The van der Waals surface area contributed by atoms with Gasteiger partial charge in [-0.3, -0.25) is 9.78 Å². The molecule has 0 aliphatic carbocycles. The van der Waals surface area contributed by atoms with Gasteiger partial charge in [-0.1, -0.05) is 6.07 Å². The first-order valence-corrected chi connectivity index (χ1v) is 12.0. The molecule has 3 aromatic heterocycles. The Morgan fingerprint density at radius 2 is 2.14 bits per heavy atom. The maximum Gasteiger partial charge on any atom is 0.251 e. The summed E-state index contributed by atoms with van der Waals surface area (Å²) >= 11 is 0. The van der Waals surface area contributed by atoms with Crippen molar-refractivity contribution in [1.29, 1.82) is 0 Å². The minimum atomic E-state index is -0.753. The largest absolute Gasteiger partial charge is 0.486 e. The summed E-state index contributed by atoms with van der Waals surface area (Å²) in [7, 11) is 0. The van der Waals surface area contributed by atoms with Gasteiger partial charge in [0, 0.05) is 37.1 Å². The van der Waals surface area contributed by atoms with Crippen LogP contribution in [0.4, 0.5) is 11.5 Å². The van der Waals surface area contributed by atoms with Crippen molar-refractivity contribution in [1.82, 2.24) is 25.6 Å². The lowest BCUT2D eigenvalue weighted by atomic mass is 9.92. The monoisotopic (exact) mass is 500 g/mol. The fraction of sp³-hybridized carbons (Fsp3) is 0.259. The van der Waals surface area contributed by atoms with Gasteiger partial charge in [0.25, 0.3) is 5.91 Å². The Morgan fingerprint density at radius 1 is 1.22 bits per heavy atom. The van der Waals surface area contributed by atoms with E-state index in [9.17, 15) is 9.90 Å². The third-order valence-corrected chi connectivity index (χ3v) is 6.28. The molecule has 0 radical (unpaired) electrons. The zero-order valence-corrected chi connectivity index (χ0v) is 20.3. The highest BCUT2D eigenvalue weighted by molar-refractivity contribution is 5.94. The van der Waals surface area contributed by atoms with E-state index in [2.05, 4.69) is 30.9 Å². The van der Waals surface area contributed by atoms with Crippen LogP contribution in [0.1, 0.15) is 32.9 Å². The Kier molecular flexibility index (Phi) is 7.38. The van der Waals surface area contributed by atoms with E-state index in [1.54, 1.807) is 30.7 Å². The number of aliphatic hydroxyl groups is 1. The summed E-state index contributed by atoms with van der Waals surface area (Å²) in [6, 6.07) is 12.7. The van der Waals surface area contributed by atoms with Crippen molar-refractivity contribution in [3.8, 4) is 5.75 Å². The molecule has 0 unspecified atom stereocenters. The van der Waals surface area contributed by atoms with Gasteiger partial charge >= 0.3 is 0 Å². The van der Waals surface area contributed by atoms with Gasteiger partial charge in [-0.15, -0.1) is 0 Å². The van der Waals surface area contributed by atoms with Gasteiger partial charge in [0.15, 0.2) is 12.2 Å². The number of hydrogen-bond donors (Lipinski definition) is 4. The van der Waals surface area contributed by atoms with Crippen molar-refractivity contribution >= 4 is 17.4 Å². The summed E-state index contributed by atoms with van der Waals surface area (Å²) in [6.45, 7) is 2.91. The number of hydrogen-bond acceptors (Lipinski definition) is 9. The zero-order chi connectivity index (χ0) is 25.6. The van der Waals surface area contributed by atoms with Crippen LogP contribution in [-0.4, -0.2) is 44.7 Å². The van der Waals surface area contributed by atoms with E-state index in [1.807, 2.05) is 37.3 Å². The van der Waals surface area contributed by atoms with Crippen LogP contribution in [0.25, 0.3) is 0 Å². The number of carbonyl (C=O) groups excluding carboxylic acids is 1. The van der Waals surface area contributed by atoms with Gasteiger partial charge in [0.1, 0.15) is 18.2 Å². The molecule has 37 heavy (non-hydrogen) atoms. The number of rotatable bonds is 9. The second-order valence-corrected chi connectivity index (χ2v) is 8.85. The molecule has 4 N–H and O–H groups in total. The van der Waals surface area contributed by atoms with Crippen LogP contribution in [0, 0.1) is 6.92 Å². The fourth-order valence-corrected chi connectivity index (χ4v) is 4.16. The summed E-state index contributed by atoms with van der Waals surface area (Å²) in [6.07, 6.45) is 6.22. The summed E-state index contributed by atoms with van der Waals surface area (Å²) in [5, 5.41) is 20.1. The number of benzene rings is 1. The molecule has 0 fully saturated rings. The Balaban J connectivity index is 1.13. The third-order valence-electron chi connectivity index (χ3n) is 6.28. The second kappa shape index (κ2) is 11.2. The van der Waals surface area contributed by atoms with Crippen LogP contribution in [0.2, 0.25) is 0 Å². The number of oxazole rings is 1. The van der Waals surface area contributed by atoms with E-state index in [-0.39, 0.29) is 18.5 Å². The van der Waals surface area contributed by atoms with E-state index in [0.29, 0.717) is 36.7 Å². The van der Waals surface area contributed by atoms with Crippen molar-refractivity contribution in [3.63, 3.8) is 0 Å². The number of fused-ring (bicyclic) bond motifs is 1. The van der Waals surface area contributed by atoms with Gasteiger partial charge in [-0.25, -0.2) is 9.97 Å². The summed E-state index contributed by atoms with van der Waals surface area (Å²) in [5.41, 5.74) is 4.29. The highest BCUT2D eigenvalue weighted by Gasteiger charge is 2.25. The minimum Gasteiger partial charge on any atom is -0.486 e. The maximum absolute atomic E-state index is 12.7. The van der Waals surface area contributed by atoms with Crippen LogP contribution in [0.3, 0.4) is 0 Å². The quantitative estimate of drug-likeness (QED) is 0.274. The van der Waals surface area contributed by atoms with Gasteiger partial charge in [-0.05, 0) is 60.9 Å². The topological polar surface area (TPSA) is 134 Å². The molecular weight excluding hydrogens is 472 g/mol. The van der Waals surface area contributed by atoms with Crippen molar-refractivity contribution < 1.29 is 19.1 Å². The molecule has 1 aromatic carbocycles. The molecule has 1 amide bonds. The van der Waals surface area contributed by atoms with E-state index >= 15 is 0 Å². The number of nitrogens with one attached hydrogen (secondary N) is 3. The van der Waals surface area contributed by atoms with Crippen molar-refractivity contribution in [2.75, 3.05) is 11.9 Å². The van der Waals surface area contributed by atoms with E-state index in [1.165, 1.54) is 6.39 Å². The van der Waals surface area contributed by atoms with E-state index < -0.39 is 6.10 Å². The van der Waals surface area contributed by atoms with Crippen LogP contribution >= 0.6 is 0 Å². The molecule has 10 nitrogen and oxygen atoms in total. The first-order chi connectivity index (χ1) is 18.0. The predicted molar refractivity (Wildman–Crippen MR) is 136 cm³/mol. The normalized spacial score (nSPS) is 15.5. The molecule has 1 aliphatic rings. The lowest BCUT2D eigenvalue weighted by molar-refractivity contribution is 0.0870. The van der Waals surface area contributed by atoms with E-state index in [4.69, 9.17) is 9.15 Å². The first-order valence-electron chi connectivity index (χ1n) is 12.0. The highest BCUT2D eigenvalue weighted by Crippen LogP contribution is 2.24. The van der Waals surface area contributed by atoms with Crippen LogP contribution in [0.5, 0.6) is 5.75 Å². The van der Waals surface area contributed by atoms with Crippen LogP contribution < -0.4 is 20.7 Å². The second-order valence-electron chi connectivity index (χ2n) is 8.85. The molecule has 4 aromatic rings. The minimum absolute atomic E-state index is 0.122. The molecule has 0 bridgehead atoms. The third kappa shape index (κ3) is 6.11. The average Bonchev–Trinajstić information content (AvgIpc) is 3.35. The average molecular weight is 501 g/mol. The van der Waals surface area contributed by atoms with Crippen molar-refractivity contribution in [2.24, 2.45) is 0 Å². The molecule has 0 saturated carbocycles. The SMILES string of the molecule is Cc1ncoc1COc1ccc2c(c1)CN[C@H]([C@H](O)CNC(=O)c1ccnc(Nc3cccnc3)c1)C2. The molecule has 0 spiro atoms. The van der Waals surface area contributed by atoms with Gasteiger partial charge < -0.3 is 30.2 Å². The number of amides is 1. The van der Waals surface area contributed by atoms with Crippen molar-refractivity contribution in [3.05, 3.63) is 95.6 Å². The van der Waals surface area contributed by atoms with Gasteiger partial charge in [-0.2, -0.15) is 0 Å². The van der Waals surface area contributed by atoms with Crippen LogP contribution in [-0.2, 0) is 19.6 Å². The summed E-state index contributed by atoms with van der Waals surface area (Å²) in [5.74, 6) is 1.70. The smallest absolute Gasteiger partial charge is 0.251 e. The number of pyridine rings is 2. The Labute approximate surface area is 214 Å².